The third-order valence-corrected chi connectivity index (χ3v) is 18.8. The molecular formula is C53H66ClF3N5O6PS3. The minimum absolute atomic E-state index is 0.189. The van der Waals surface area contributed by atoms with Gasteiger partial charge < -0.3 is 24.2 Å². The Morgan fingerprint density at radius 3 is 2.19 bits per heavy atom. The SMILES string of the molecule is CCOP(C=C1CCN(CCC(CSc2ccccc2)Nc2ccc(S(=O)NC(=O)c3ccc(N4CCN(CC5=C(c6ccc(Cl)cc6)CCC(C)(C)C5)CC4)cc3)cc2S(=O)(=O)C(F)(F)F)CC1)OCC. The number of nitrogens with one attached hydrogen (secondary N) is 2. The van der Waals surface area contributed by atoms with Crippen LogP contribution < -0.4 is 14.9 Å². The number of carbonyl (C=O) groups excluding carboxylic acids is 1. The van der Waals surface area contributed by atoms with Crippen LogP contribution in [-0.2, 0) is 29.9 Å². The number of piperazine rings is 1. The molecule has 0 bridgehead atoms. The molecule has 11 nitrogen and oxygen atoms in total. The molecule has 2 N–H and O–H groups in total. The topological polar surface area (TPSA) is 121 Å². The van der Waals surface area contributed by atoms with Crippen molar-refractivity contribution in [2.24, 2.45) is 5.41 Å². The van der Waals surface area contributed by atoms with E-state index in [1.165, 1.54) is 46.2 Å². The Labute approximate surface area is 436 Å². The smallest absolute Gasteiger partial charge is 0.380 e. The Morgan fingerprint density at radius 2 is 1.56 bits per heavy atom. The third-order valence-electron chi connectivity index (χ3n) is 13.2. The van der Waals surface area contributed by atoms with E-state index in [1.54, 1.807) is 12.1 Å². The molecular weight excluding hydrogens is 1020 g/mol. The minimum Gasteiger partial charge on any atom is -0.380 e. The number of benzene rings is 4. The maximum absolute atomic E-state index is 14.3. The zero-order chi connectivity index (χ0) is 51.5. The van der Waals surface area contributed by atoms with Crippen molar-refractivity contribution in [3.05, 3.63) is 130 Å². The fourth-order valence-corrected chi connectivity index (χ4v) is 13.5. The minimum atomic E-state index is -5.93. The summed E-state index contributed by atoms with van der Waals surface area (Å²) < 4.78 is 97.0. The molecule has 0 aromatic heterocycles. The van der Waals surface area contributed by atoms with Gasteiger partial charge in [0.25, 0.3) is 15.7 Å². The summed E-state index contributed by atoms with van der Waals surface area (Å²) in [7, 11) is -9.43. The summed E-state index contributed by atoms with van der Waals surface area (Å²) in [4.78, 5) is 20.1. The second-order valence-corrected chi connectivity index (χ2v) is 25.0. The molecule has 72 heavy (non-hydrogen) atoms. The molecule has 7 rings (SSSR count). The van der Waals surface area contributed by atoms with Gasteiger partial charge in [-0.25, -0.2) is 12.6 Å². The van der Waals surface area contributed by atoms with Crippen LogP contribution in [0.25, 0.3) is 5.57 Å². The zero-order valence-electron chi connectivity index (χ0n) is 41.4. The predicted molar refractivity (Wildman–Crippen MR) is 288 cm³/mol. The van der Waals surface area contributed by atoms with E-state index in [0.717, 1.165) is 99.6 Å². The van der Waals surface area contributed by atoms with Gasteiger partial charge in [0.15, 0.2) is 19.4 Å². The molecule has 2 heterocycles. The first-order chi connectivity index (χ1) is 34.4. The molecule has 4 aromatic carbocycles. The molecule has 2 aliphatic heterocycles. The van der Waals surface area contributed by atoms with Crippen molar-refractivity contribution in [3.63, 3.8) is 0 Å². The number of alkyl halides is 3. The number of piperidine rings is 1. The second kappa shape index (κ2) is 25.6. The highest BCUT2D eigenvalue weighted by Gasteiger charge is 2.48. The molecule has 1 amide bonds. The molecule has 0 spiro atoms. The van der Waals surface area contributed by atoms with E-state index in [0.29, 0.717) is 31.9 Å². The lowest BCUT2D eigenvalue weighted by Gasteiger charge is -2.39. The Balaban J connectivity index is 0.991. The van der Waals surface area contributed by atoms with E-state index in [-0.39, 0.29) is 21.6 Å². The van der Waals surface area contributed by atoms with Crippen molar-refractivity contribution in [3.8, 4) is 0 Å². The first-order valence-electron chi connectivity index (χ1n) is 24.5. The number of rotatable bonds is 21. The van der Waals surface area contributed by atoms with Crippen LogP contribution in [0.3, 0.4) is 0 Å². The zero-order valence-corrected chi connectivity index (χ0v) is 45.5. The van der Waals surface area contributed by atoms with Crippen LogP contribution >= 0.6 is 31.7 Å². The lowest BCUT2D eigenvalue weighted by Crippen LogP contribution is -2.47. The molecule has 4 aromatic rings. The molecule has 2 saturated heterocycles. The van der Waals surface area contributed by atoms with E-state index >= 15 is 0 Å². The number of sulfone groups is 1. The van der Waals surface area contributed by atoms with Gasteiger partial charge >= 0.3 is 5.51 Å². The van der Waals surface area contributed by atoms with Gasteiger partial charge in [-0.3, -0.25) is 14.4 Å². The van der Waals surface area contributed by atoms with Gasteiger partial charge in [0.2, 0.25) is 0 Å². The average molecular weight is 1090 g/mol. The van der Waals surface area contributed by atoms with Gasteiger partial charge in [0.05, 0.1) is 23.8 Å². The van der Waals surface area contributed by atoms with Gasteiger partial charge in [0, 0.05) is 85.3 Å². The summed E-state index contributed by atoms with van der Waals surface area (Å²) in [5, 5.41) is 3.86. The third kappa shape index (κ3) is 15.4. The lowest BCUT2D eigenvalue weighted by molar-refractivity contribution is -0.0435. The lowest BCUT2D eigenvalue weighted by atomic mass is 9.73. The summed E-state index contributed by atoms with van der Waals surface area (Å²) in [6, 6.07) is 27.3. The molecule has 0 radical (unpaired) electrons. The normalized spacial score (nSPS) is 18.0. The van der Waals surface area contributed by atoms with E-state index < -0.39 is 51.6 Å². The number of hydrogen-bond donors (Lipinski definition) is 2. The highest BCUT2D eigenvalue weighted by molar-refractivity contribution is 7.99. The molecule has 19 heteroatoms. The molecule has 3 aliphatic rings. The van der Waals surface area contributed by atoms with Gasteiger partial charge in [-0.15, -0.1) is 11.8 Å². The number of nitrogens with zero attached hydrogens (tertiary/aromatic N) is 3. The average Bonchev–Trinajstić information content (AvgIpc) is 3.36. The number of likely N-dealkylation sites (tertiary alicyclic amines) is 1. The van der Waals surface area contributed by atoms with Crippen LogP contribution in [-0.4, -0.2) is 111 Å². The van der Waals surface area contributed by atoms with Crippen LogP contribution in [0.1, 0.15) is 82.1 Å². The molecule has 1 aliphatic carbocycles. The monoisotopic (exact) mass is 1090 g/mol. The number of anilines is 2. The number of hydrogen-bond acceptors (Lipinski definition) is 11. The largest absolute Gasteiger partial charge is 0.501 e. The van der Waals surface area contributed by atoms with Gasteiger partial charge in [0.1, 0.15) is 4.90 Å². The predicted octanol–water partition coefficient (Wildman–Crippen LogP) is 12.2. The van der Waals surface area contributed by atoms with Crippen LogP contribution in [0, 0.1) is 5.41 Å². The Morgan fingerprint density at radius 1 is 0.889 bits per heavy atom. The quantitative estimate of drug-likeness (QED) is 0.0613. The fourth-order valence-electron chi connectivity index (χ4n) is 9.29. The number of thioether (sulfide) groups is 1. The number of amides is 1. The molecule has 0 saturated carbocycles. The van der Waals surface area contributed by atoms with Crippen LogP contribution in [0.4, 0.5) is 24.5 Å². The van der Waals surface area contributed by atoms with Crippen molar-refractivity contribution in [1.29, 1.82) is 0 Å². The second-order valence-electron chi connectivity index (χ2n) is 19.1. The Bertz CT molecular complexity index is 2640. The summed E-state index contributed by atoms with van der Waals surface area (Å²) in [6.07, 6.45) is 5.36. The highest BCUT2D eigenvalue weighted by Crippen LogP contribution is 2.44. The summed E-state index contributed by atoms with van der Waals surface area (Å²) in [5.74, 6) is 1.79. The Hall–Kier alpha value is -3.77. The highest BCUT2D eigenvalue weighted by atomic mass is 35.5. The molecule has 2 fully saturated rings. The number of halogens is 4. The molecule has 390 valence electrons. The van der Waals surface area contributed by atoms with E-state index in [1.807, 2.05) is 68.4 Å². The summed E-state index contributed by atoms with van der Waals surface area (Å²) in [6.45, 7) is 16.0. The van der Waals surface area contributed by atoms with Crippen molar-refractivity contribution in [2.75, 3.05) is 81.5 Å². The van der Waals surface area contributed by atoms with Crippen LogP contribution in [0.5, 0.6) is 0 Å². The number of carbonyl (C=O) groups is 1. The maximum atomic E-state index is 14.3. The van der Waals surface area contributed by atoms with Crippen LogP contribution in [0.2, 0.25) is 5.02 Å². The van der Waals surface area contributed by atoms with E-state index in [2.05, 4.69) is 56.5 Å². The standard InChI is InChI=1S/C53H66ClF3N5O6PS3/c1-5-67-69(68-6-2)37-39-23-27-60(28-24-39)29-25-44(38-70-46-10-8-7-9-11-46)58-49-21-20-47(34-50(49)72(65,66)53(55,56)57)71(64)59-51(63)41-14-18-45(19-15-41)62-32-30-61(31-33-62)36-42-35-52(3,4)26-22-48(42)40-12-16-43(54)17-13-40/h7-21,34,37,44,58H,5-6,22-33,35-36,38H2,1-4H3,(H,59,63). The first kappa shape index (κ1) is 56.0. The van der Waals surface area contributed by atoms with Crippen molar-refractivity contribution >= 4 is 75.4 Å². The van der Waals surface area contributed by atoms with Crippen molar-refractivity contribution < 1.29 is 39.6 Å². The fraction of sp³-hybridized carbons (Fsp3) is 0.453. The first-order valence-corrected chi connectivity index (χ1v) is 29.8. The molecule has 2 unspecified atom stereocenters. The number of allylic oxidation sites excluding steroid dienone is 1. The summed E-state index contributed by atoms with van der Waals surface area (Å²) in [5.41, 5.74) is 0.817. The maximum Gasteiger partial charge on any atom is 0.501 e. The Kier molecular flexibility index (Phi) is 19.9. The van der Waals surface area contributed by atoms with Crippen molar-refractivity contribution in [2.45, 2.75) is 92.5 Å². The molecule has 2 atom stereocenters. The van der Waals surface area contributed by atoms with Gasteiger partial charge in [-0.1, -0.05) is 66.9 Å². The van der Waals surface area contributed by atoms with Gasteiger partial charge in [-0.05, 0) is 141 Å². The van der Waals surface area contributed by atoms with Crippen molar-refractivity contribution in [1.82, 2.24) is 14.5 Å². The van der Waals surface area contributed by atoms with Crippen LogP contribution in [0.15, 0.2) is 129 Å². The van der Waals surface area contributed by atoms with Gasteiger partial charge in [-0.2, -0.15) is 13.2 Å². The van der Waals surface area contributed by atoms with E-state index in [4.69, 9.17) is 20.6 Å². The van der Waals surface area contributed by atoms with E-state index in [9.17, 15) is 30.6 Å². The summed E-state index contributed by atoms with van der Waals surface area (Å²) >= 11 is 7.71.